The summed E-state index contributed by atoms with van der Waals surface area (Å²) in [6, 6.07) is 10.5. The van der Waals surface area contributed by atoms with Crippen molar-refractivity contribution in [3.8, 4) is 0 Å². The number of azide groups is 1. The van der Waals surface area contributed by atoms with Gasteiger partial charge in [-0.25, -0.2) is 0 Å². The molecule has 0 N–H and O–H groups in total. The fourth-order valence-electron chi connectivity index (χ4n) is 2.76. The quantitative estimate of drug-likeness (QED) is 0.454. The van der Waals surface area contributed by atoms with Crippen molar-refractivity contribution in [2.24, 2.45) is 17.0 Å². The molecule has 1 fully saturated rings. The summed E-state index contributed by atoms with van der Waals surface area (Å²) in [5.41, 5.74) is 9.63. The van der Waals surface area contributed by atoms with Crippen molar-refractivity contribution in [1.82, 2.24) is 4.90 Å². The van der Waals surface area contributed by atoms with Crippen LogP contribution in [0.2, 0.25) is 0 Å². The van der Waals surface area contributed by atoms with Crippen LogP contribution in [0.25, 0.3) is 10.4 Å². The molecule has 0 aliphatic carbocycles. The van der Waals surface area contributed by atoms with Crippen LogP contribution in [0.1, 0.15) is 18.5 Å². The minimum absolute atomic E-state index is 0.0170. The number of alkyl halides is 1. The molecule has 0 spiro atoms. The number of hydrogen-bond acceptors (Lipinski definition) is 2. The smallest absolute Gasteiger partial charge is 0.0937 e. The highest BCUT2D eigenvalue weighted by Crippen LogP contribution is 2.31. The summed E-state index contributed by atoms with van der Waals surface area (Å²) in [5.74, 6) is 0.115. The molecule has 0 radical (unpaired) electrons. The van der Waals surface area contributed by atoms with Gasteiger partial charge in [0.2, 0.25) is 0 Å². The van der Waals surface area contributed by atoms with Crippen LogP contribution >= 0.6 is 0 Å². The van der Waals surface area contributed by atoms with E-state index in [1.54, 1.807) is 0 Å². The van der Waals surface area contributed by atoms with E-state index in [1.807, 2.05) is 18.2 Å². The molecule has 1 aromatic carbocycles. The lowest BCUT2D eigenvalue weighted by Gasteiger charge is -2.24. The Morgan fingerprint density at radius 2 is 2.05 bits per heavy atom. The van der Waals surface area contributed by atoms with E-state index in [0.717, 1.165) is 13.1 Å². The molecule has 3 atom stereocenters. The number of rotatable bonds is 5. The molecule has 102 valence electrons. The molecule has 2 rings (SSSR count). The molecule has 1 saturated heterocycles. The predicted molar refractivity (Wildman–Crippen MR) is 73.4 cm³/mol. The molecular formula is C14H19FN4. The van der Waals surface area contributed by atoms with Gasteiger partial charge in [0.1, 0.15) is 0 Å². The highest BCUT2D eigenvalue weighted by Gasteiger charge is 2.34. The molecule has 4 nitrogen and oxygen atoms in total. The average molecular weight is 262 g/mol. The van der Waals surface area contributed by atoms with Gasteiger partial charge in [-0.15, -0.1) is 0 Å². The topological polar surface area (TPSA) is 52.0 Å². The van der Waals surface area contributed by atoms with Gasteiger partial charge in [0.05, 0.1) is 6.67 Å². The molecule has 0 unspecified atom stereocenters. The van der Waals surface area contributed by atoms with Gasteiger partial charge in [0, 0.05) is 36.5 Å². The summed E-state index contributed by atoms with van der Waals surface area (Å²) in [4.78, 5) is 5.05. The Morgan fingerprint density at radius 3 is 2.68 bits per heavy atom. The van der Waals surface area contributed by atoms with Crippen LogP contribution in [0.4, 0.5) is 4.39 Å². The molecule has 0 aromatic heterocycles. The molecule has 0 saturated carbocycles. The van der Waals surface area contributed by atoms with Gasteiger partial charge >= 0.3 is 0 Å². The van der Waals surface area contributed by atoms with Crippen molar-refractivity contribution in [3.05, 3.63) is 46.3 Å². The SMILES string of the molecule is C[C@@H](c1ccccc1)N1C[C@@H](CF)[C@H](CN=[N+]=[N-])C1. The van der Waals surface area contributed by atoms with Crippen LogP contribution in [0.3, 0.4) is 0 Å². The Labute approximate surface area is 112 Å². The van der Waals surface area contributed by atoms with Crippen LogP contribution in [0, 0.1) is 11.8 Å². The Hall–Kier alpha value is -1.58. The summed E-state index contributed by atoms with van der Waals surface area (Å²) >= 11 is 0. The maximum atomic E-state index is 13.1. The van der Waals surface area contributed by atoms with Crippen LogP contribution in [-0.2, 0) is 0 Å². The minimum Gasteiger partial charge on any atom is -0.296 e. The van der Waals surface area contributed by atoms with E-state index in [1.165, 1.54) is 5.56 Å². The summed E-state index contributed by atoms with van der Waals surface area (Å²) in [6.07, 6.45) is 0. The zero-order valence-corrected chi connectivity index (χ0v) is 11.1. The van der Waals surface area contributed by atoms with Gasteiger partial charge in [-0.05, 0) is 23.9 Å². The average Bonchev–Trinajstić information content (AvgIpc) is 2.88. The molecule has 0 amide bonds. The molecule has 1 heterocycles. The molecular weight excluding hydrogens is 243 g/mol. The molecule has 1 aliphatic heterocycles. The fraction of sp³-hybridized carbons (Fsp3) is 0.571. The lowest BCUT2D eigenvalue weighted by atomic mass is 9.98. The number of nitrogens with zero attached hydrogens (tertiary/aromatic N) is 4. The van der Waals surface area contributed by atoms with E-state index in [4.69, 9.17) is 5.53 Å². The fourth-order valence-corrected chi connectivity index (χ4v) is 2.76. The second-order valence-corrected chi connectivity index (χ2v) is 5.13. The molecule has 1 aromatic rings. The number of likely N-dealkylation sites (tertiary alicyclic amines) is 1. The van der Waals surface area contributed by atoms with Gasteiger partial charge in [0.25, 0.3) is 0 Å². The highest BCUT2D eigenvalue weighted by atomic mass is 19.1. The van der Waals surface area contributed by atoms with Gasteiger partial charge in [-0.1, -0.05) is 35.4 Å². The van der Waals surface area contributed by atoms with E-state index in [2.05, 4.69) is 34.0 Å². The lowest BCUT2D eigenvalue weighted by Crippen LogP contribution is -2.25. The Kier molecular flexibility index (Phi) is 4.77. The van der Waals surface area contributed by atoms with Crippen molar-refractivity contribution in [3.63, 3.8) is 0 Å². The van der Waals surface area contributed by atoms with Crippen molar-refractivity contribution in [2.45, 2.75) is 13.0 Å². The second kappa shape index (κ2) is 6.55. The third kappa shape index (κ3) is 3.25. The standard InChI is InChI=1S/C14H19FN4/c1-11(12-5-3-2-4-6-12)19-9-13(7-15)14(10-19)8-17-18-16/h2-6,11,13-14H,7-10H2,1H3/t11-,13+,14+/m0/s1. The van der Waals surface area contributed by atoms with Gasteiger partial charge < -0.3 is 0 Å². The first-order valence-corrected chi connectivity index (χ1v) is 6.62. The maximum absolute atomic E-state index is 13.1. The van der Waals surface area contributed by atoms with Crippen molar-refractivity contribution < 1.29 is 4.39 Å². The van der Waals surface area contributed by atoms with Crippen LogP contribution in [0.15, 0.2) is 35.4 Å². The summed E-state index contributed by atoms with van der Waals surface area (Å²) in [5, 5.41) is 3.61. The minimum atomic E-state index is -0.344. The zero-order valence-electron chi connectivity index (χ0n) is 11.1. The van der Waals surface area contributed by atoms with Crippen molar-refractivity contribution in [1.29, 1.82) is 0 Å². The van der Waals surface area contributed by atoms with Gasteiger partial charge in [0.15, 0.2) is 0 Å². The van der Waals surface area contributed by atoms with Gasteiger partial charge in [-0.3, -0.25) is 9.29 Å². The molecule has 19 heavy (non-hydrogen) atoms. The third-order valence-electron chi connectivity index (χ3n) is 4.01. The Balaban J connectivity index is 2.04. The first-order valence-electron chi connectivity index (χ1n) is 6.62. The van der Waals surface area contributed by atoms with E-state index >= 15 is 0 Å². The number of halogens is 1. The Morgan fingerprint density at radius 1 is 1.37 bits per heavy atom. The van der Waals surface area contributed by atoms with Crippen LogP contribution < -0.4 is 0 Å². The summed E-state index contributed by atoms with van der Waals surface area (Å²) < 4.78 is 13.1. The largest absolute Gasteiger partial charge is 0.296 e. The van der Waals surface area contributed by atoms with E-state index in [-0.39, 0.29) is 24.6 Å². The summed E-state index contributed by atoms with van der Waals surface area (Å²) in [7, 11) is 0. The third-order valence-corrected chi connectivity index (χ3v) is 4.01. The highest BCUT2D eigenvalue weighted by molar-refractivity contribution is 5.18. The normalized spacial score (nSPS) is 24.9. The van der Waals surface area contributed by atoms with Crippen molar-refractivity contribution in [2.75, 3.05) is 26.3 Å². The maximum Gasteiger partial charge on any atom is 0.0937 e. The van der Waals surface area contributed by atoms with Crippen LogP contribution in [-0.4, -0.2) is 31.2 Å². The van der Waals surface area contributed by atoms with Crippen LogP contribution in [0.5, 0.6) is 0 Å². The zero-order chi connectivity index (χ0) is 13.7. The first kappa shape index (κ1) is 13.8. The van der Waals surface area contributed by atoms with E-state index in [0.29, 0.717) is 6.54 Å². The summed E-state index contributed by atoms with van der Waals surface area (Å²) in [6.45, 7) is 3.72. The molecule has 1 aliphatic rings. The number of benzene rings is 1. The lowest BCUT2D eigenvalue weighted by molar-refractivity contribution is 0.243. The predicted octanol–water partition coefficient (Wildman–Crippen LogP) is 3.58. The first-order chi connectivity index (χ1) is 9.26. The molecule has 5 heteroatoms. The van der Waals surface area contributed by atoms with E-state index < -0.39 is 0 Å². The second-order valence-electron chi connectivity index (χ2n) is 5.13. The number of hydrogen-bond donors (Lipinski definition) is 0. The monoisotopic (exact) mass is 262 g/mol. The van der Waals surface area contributed by atoms with Crippen molar-refractivity contribution >= 4 is 0 Å². The Bertz CT molecular complexity index is 444. The van der Waals surface area contributed by atoms with Gasteiger partial charge in [-0.2, -0.15) is 0 Å². The molecule has 0 bridgehead atoms. The van der Waals surface area contributed by atoms with E-state index in [9.17, 15) is 4.39 Å².